The molecule has 0 bridgehead atoms. The lowest BCUT2D eigenvalue weighted by molar-refractivity contribution is -0.131. The molecule has 0 saturated carbocycles. The van der Waals surface area contributed by atoms with Gasteiger partial charge in [0.1, 0.15) is 0 Å². The number of nitrogens with one attached hydrogen (secondary N) is 2. The number of amides is 2. The molecule has 0 spiro atoms. The first kappa shape index (κ1) is 23.4. The van der Waals surface area contributed by atoms with Gasteiger partial charge in [-0.3, -0.25) is 9.59 Å². The molecular formula is C19H32ClN3O2. The highest BCUT2D eigenvalue weighted by atomic mass is 35.5. The van der Waals surface area contributed by atoms with E-state index in [0.717, 1.165) is 30.5 Å². The molecular weight excluding hydrogens is 338 g/mol. The van der Waals surface area contributed by atoms with Gasteiger partial charge in [-0.15, -0.1) is 12.4 Å². The van der Waals surface area contributed by atoms with Gasteiger partial charge in [-0.1, -0.05) is 39.8 Å². The topological polar surface area (TPSA) is 84.2 Å². The van der Waals surface area contributed by atoms with E-state index >= 15 is 0 Å². The van der Waals surface area contributed by atoms with Crippen LogP contribution in [-0.2, 0) is 16.1 Å². The molecule has 5 nitrogen and oxygen atoms in total. The molecule has 1 aromatic carbocycles. The van der Waals surface area contributed by atoms with Crippen molar-refractivity contribution in [3.8, 4) is 0 Å². The molecule has 25 heavy (non-hydrogen) atoms. The molecule has 6 heteroatoms. The molecule has 0 aromatic heterocycles. The predicted molar refractivity (Wildman–Crippen MR) is 106 cm³/mol. The van der Waals surface area contributed by atoms with E-state index in [1.165, 1.54) is 0 Å². The second-order valence-corrected chi connectivity index (χ2v) is 6.37. The zero-order chi connectivity index (χ0) is 18.2. The molecule has 0 fully saturated rings. The number of carbonyl (C=O) groups is 2. The quantitative estimate of drug-likeness (QED) is 0.623. The lowest BCUT2D eigenvalue weighted by Gasteiger charge is -2.28. The summed E-state index contributed by atoms with van der Waals surface area (Å²) in [5.41, 5.74) is 7.01. The van der Waals surface area contributed by atoms with Crippen LogP contribution < -0.4 is 16.4 Å². The molecule has 1 unspecified atom stereocenters. The fourth-order valence-electron chi connectivity index (χ4n) is 2.53. The molecule has 0 aliphatic heterocycles. The van der Waals surface area contributed by atoms with Gasteiger partial charge in [0.05, 0.1) is 5.41 Å². The fraction of sp³-hybridized carbons (Fsp3) is 0.579. The maximum Gasteiger partial charge on any atom is 0.227 e. The van der Waals surface area contributed by atoms with Crippen LogP contribution in [0, 0.1) is 11.3 Å². The molecule has 0 heterocycles. The van der Waals surface area contributed by atoms with Crippen LogP contribution in [0.2, 0.25) is 0 Å². The van der Waals surface area contributed by atoms with Crippen LogP contribution in [-0.4, -0.2) is 18.4 Å². The van der Waals surface area contributed by atoms with E-state index < -0.39 is 5.41 Å². The highest BCUT2D eigenvalue weighted by molar-refractivity contribution is 5.92. The third-order valence-electron chi connectivity index (χ3n) is 4.93. The van der Waals surface area contributed by atoms with Gasteiger partial charge < -0.3 is 16.4 Å². The first-order valence-corrected chi connectivity index (χ1v) is 8.80. The van der Waals surface area contributed by atoms with Gasteiger partial charge in [-0.05, 0) is 37.0 Å². The first-order valence-electron chi connectivity index (χ1n) is 8.80. The summed E-state index contributed by atoms with van der Waals surface area (Å²) in [5, 5.41) is 5.89. The predicted octanol–water partition coefficient (Wildman–Crippen LogP) is 3.47. The summed E-state index contributed by atoms with van der Waals surface area (Å²) in [6.45, 7) is 8.63. The summed E-state index contributed by atoms with van der Waals surface area (Å²) >= 11 is 0. The second-order valence-electron chi connectivity index (χ2n) is 6.37. The highest BCUT2D eigenvalue weighted by Gasteiger charge is 2.32. The van der Waals surface area contributed by atoms with Gasteiger partial charge in [0.2, 0.25) is 11.8 Å². The summed E-state index contributed by atoms with van der Waals surface area (Å²) in [6.07, 6.45) is 2.24. The first-order chi connectivity index (χ1) is 11.4. The van der Waals surface area contributed by atoms with Crippen LogP contribution in [0.3, 0.4) is 0 Å². The minimum Gasteiger partial charge on any atom is -0.352 e. The van der Waals surface area contributed by atoms with Gasteiger partial charge in [0.15, 0.2) is 0 Å². The molecule has 0 aliphatic rings. The van der Waals surface area contributed by atoms with Crippen LogP contribution in [0.25, 0.3) is 0 Å². The lowest BCUT2D eigenvalue weighted by atomic mass is 9.81. The normalized spacial score (nSPS) is 12.0. The van der Waals surface area contributed by atoms with Crippen LogP contribution in [0.1, 0.15) is 52.5 Å². The number of nitrogens with two attached hydrogens (primary N) is 1. The van der Waals surface area contributed by atoms with Crippen molar-refractivity contribution < 1.29 is 9.59 Å². The molecule has 0 saturated heterocycles. The number of rotatable bonds is 9. The number of hydrogen-bond donors (Lipinski definition) is 3. The monoisotopic (exact) mass is 369 g/mol. The van der Waals surface area contributed by atoms with Crippen LogP contribution in [0.15, 0.2) is 24.3 Å². The van der Waals surface area contributed by atoms with E-state index in [-0.39, 0.29) is 30.1 Å². The maximum atomic E-state index is 12.5. The van der Waals surface area contributed by atoms with Gasteiger partial charge >= 0.3 is 0 Å². The molecule has 1 atom stereocenters. The number of halogens is 1. The van der Waals surface area contributed by atoms with Gasteiger partial charge in [0.25, 0.3) is 0 Å². The summed E-state index contributed by atoms with van der Waals surface area (Å²) in [5.74, 6) is -0.0190. The van der Waals surface area contributed by atoms with Gasteiger partial charge in [-0.25, -0.2) is 0 Å². The largest absolute Gasteiger partial charge is 0.352 e. The summed E-state index contributed by atoms with van der Waals surface area (Å²) in [4.78, 5) is 24.4. The van der Waals surface area contributed by atoms with E-state index in [2.05, 4.69) is 10.6 Å². The van der Waals surface area contributed by atoms with Crippen molar-refractivity contribution in [2.24, 2.45) is 17.1 Å². The Morgan fingerprint density at radius 1 is 1.20 bits per heavy atom. The van der Waals surface area contributed by atoms with Crippen LogP contribution in [0.5, 0.6) is 0 Å². The van der Waals surface area contributed by atoms with Gasteiger partial charge in [-0.2, -0.15) is 0 Å². The standard InChI is InChI=1S/C19H31N3O2.ClH/c1-5-14(4)17(23)22-16-10-8-9-15(11-16)12-21-18(24)19(6-2,7-3)13-20;/h8-11,14H,5-7,12-13,20H2,1-4H3,(H,21,24)(H,22,23);1H. The van der Waals surface area contributed by atoms with E-state index in [1.807, 2.05) is 52.0 Å². The minimum atomic E-state index is -0.498. The van der Waals surface area contributed by atoms with Crippen LogP contribution >= 0.6 is 12.4 Å². The zero-order valence-corrected chi connectivity index (χ0v) is 16.5. The molecule has 2 amide bonds. The Kier molecular flexibility index (Phi) is 10.4. The number of benzene rings is 1. The third-order valence-corrected chi connectivity index (χ3v) is 4.93. The second kappa shape index (κ2) is 11.1. The Bertz CT molecular complexity index is 551. The Hall–Kier alpha value is -1.59. The van der Waals surface area contributed by atoms with Crippen LogP contribution in [0.4, 0.5) is 5.69 Å². The van der Waals surface area contributed by atoms with E-state index in [0.29, 0.717) is 13.1 Å². The van der Waals surface area contributed by atoms with E-state index in [1.54, 1.807) is 0 Å². The van der Waals surface area contributed by atoms with Crippen molar-refractivity contribution in [3.05, 3.63) is 29.8 Å². The zero-order valence-electron chi connectivity index (χ0n) is 15.7. The smallest absolute Gasteiger partial charge is 0.227 e. The molecule has 0 radical (unpaired) electrons. The van der Waals surface area contributed by atoms with Crippen molar-refractivity contribution in [1.29, 1.82) is 0 Å². The Balaban J connectivity index is 0.00000576. The van der Waals surface area contributed by atoms with Crippen molar-refractivity contribution in [1.82, 2.24) is 5.32 Å². The number of carbonyl (C=O) groups excluding carboxylic acids is 2. The SMILES string of the molecule is CCC(C)C(=O)Nc1cccc(CNC(=O)C(CC)(CC)CN)c1.Cl. The fourth-order valence-corrected chi connectivity index (χ4v) is 2.53. The molecule has 1 aromatic rings. The Morgan fingerprint density at radius 2 is 1.84 bits per heavy atom. The maximum absolute atomic E-state index is 12.5. The molecule has 4 N–H and O–H groups in total. The highest BCUT2D eigenvalue weighted by Crippen LogP contribution is 2.25. The van der Waals surface area contributed by atoms with E-state index in [9.17, 15) is 9.59 Å². The lowest BCUT2D eigenvalue weighted by Crippen LogP contribution is -2.45. The average molecular weight is 370 g/mol. The average Bonchev–Trinajstić information content (AvgIpc) is 2.61. The summed E-state index contributed by atoms with van der Waals surface area (Å²) in [6, 6.07) is 7.56. The minimum absolute atomic E-state index is 0. The number of hydrogen-bond acceptors (Lipinski definition) is 3. The Labute approximate surface area is 157 Å². The van der Waals surface area contributed by atoms with E-state index in [4.69, 9.17) is 5.73 Å². The Morgan fingerprint density at radius 3 is 2.36 bits per heavy atom. The van der Waals surface area contributed by atoms with Crippen molar-refractivity contribution in [3.63, 3.8) is 0 Å². The molecule has 1 rings (SSSR count). The summed E-state index contributed by atoms with van der Waals surface area (Å²) < 4.78 is 0. The van der Waals surface area contributed by atoms with Crippen molar-refractivity contribution in [2.75, 3.05) is 11.9 Å². The van der Waals surface area contributed by atoms with Crippen molar-refractivity contribution >= 4 is 29.9 Å². The molecule has 0 aliphatic carbocycles. The summed E-state index contributed by atoms with van der Waals surface area (Å²) in [7, 11) is 0. The number of anilines is 1. The third kappa shape index (κ3) is 6.33. The molecule has 142 valence electrons. The van der Waals surface area contributed by atoms with Crippen molar-refractivity contribution in [2.45, 2.75) is 53.5 Å². The van der Waals surface area contributed by atoms with Gasteiger partial charge in [0, 0.05) is 24.7 Å².